The maximum Gasteiger partial charge on any atom is 0.213 e. The summed E-state index contributed by atoms with van der Waals surface area (Å²) in [7, 11) is 0. The van der Waals surface area contributed by atoms with Crippen molar-refractivity contribution in [1.82, 2.24) is 5.01 Å². The summed E-state index contributed by atoms with van der Waals surface area (Å²) in [6.07, 6.45) is 0.424. The first kappa shape index (κ1) is 16.9. The summed E-state index contributed by atoms with van der Waals surface area (Å²) >= 11 is 9.80. The number of hydrazone groups is 1. The Morgan fingerprint density at radius 3 is 2.81 bits per heavy atom. The van der Waals surface area contributed by atoms with Gasteiger partial charge in [0.15, 0.2) is 0 Å². The van der Waals surface area contributed by atoms with Crippen LogP contribution in [-0.4, -0.2) is 10.7 Å². The molecule has 2 aliphatic heterocycles. The molecular formula is C21H16BrClN2O2. The van der Waals surface area contributed by atoms with Gasteiger partial charge in [-0.3, -0.25) is 0 Å². The summed E-state index contributed by atoms with van der Waals surface area (Å²) in [5.74, 6) is 2.56. The molecular weight excluding hydrogens is 428 g/mol. The van der Waals surface area contributed by atoms with Gasteiger partial charge >= 0.3 is 0 Å². The second-order valence-electron chi connectivity index (χ2n) is 6.76. The maximum absolute atomic E-state index is 6.34. The monoisotopic (exact) mass is 442 g/mol. The van der Waals surface area contributed by atoms with Crippen molar-refractivity contribution in [1.29, 1.82) is 0 Å². The molecule has 0 saturated heterocycles. The highest BCUT2D eigenvalue weighted by atomic mass is 79.9. The van der Waals surface area contributed by atoms with E-state index in [1.165, 1.54) is 0 Å². The fourth-order valence-electron chi connectivity index (χ4n) is 3.68. The highest BCUT2D eigenvalue weighted by Gasteiger charge is 2.41. The number of hydrogen-bond acceptors (Lipinski definition) is 4. The first-order valence-electron chi connectivity index (χ1n) is 8.73. The number of halogens is 2. The predicted molar refractivity (Wildman–Crippen MR) is 108 cm³/mol. The van der Waals surface area contributed by atoms with Gasteiger partial charge in [0, 0.05) is 27.0 Å². The van der Waals surface area contributed by atoms with Crippen LogP contribution in [0.15, 0.2) is 68.6 Å². The molecule has 0 amide bonds. The molecule has 2 aromatic carbocycles. The van der Waals surface area contributed by atoms with Crippen LogP contribution in [0.5, 0.6) is 5.75 Å². The summed E-state index contributed by atoms with van der Waals surface area (Å²) in [6, 6.07) is 17.9. The molecule has 0 fully saturated rings. The van der Waals surface area contributed by atoms with Crippen LogP contribution in [0, 0.1) is 6.92 Å². The molecule has 6 heteroatoms. The Balaban J connectivity index is 1.62. The minimum absolute atomic E-state index is 0.0793. The molecule has 2 aliphatic rings. The van der Waals surface area contributed by atoms with Gasteiger partial charge in [0.1, 0.15) is 23.0 Å². The molecule has 4 nitrogen and oxygen atoms in total. The normalized spacial score (nSPS) is 20.7. The number of hydrogen-bond donors (Lipinski definition) is 0. The smallest absolute Gasteiger partial charge is 0.213 e. The number of benzene rings is 2. The van der Waals surface area contributed by atoms with Crippen molar-refractivity contribution >= 4 is 33.2 Å². The zero-order valence-corrected chi connectivity index (χ0v) is 16.9. The van der Waals surface area contributed by atoms with Gasteiger partial charge in [-0.2, -0.15) is 5.10 Å². The first-order valence-corrected chi connectivity index (χ1v) is 9.90. The first-order chi connectivity index (χ1) is 13.1. The van der Waals surface area contributed by atoms with Crippen LogP contribution in [0.1, 0.15) is 41.3 Å². The van der Waals surface area contributed by atoms with E-state index < -0.39 is 0 Å². The molecule has 0 aliphatic carbocycles. The minimum atomic E-state index is -0.337. The molecule has 27 heavy (non-hydrogen) atoms. The summed E-state index contributed by atoms with van der Waals surface area (Å²) in [4.78, 5) is 0. The predicted octanol–water partition coefficient (Wildman–Crippen LogP) is 6.25. The van der Waals surface area contributed by atoms with Crippen molar-refractivity contribution in [3.8, 4) is 5.75 Å². The van der Waals surface area contributed by atoms with Gasteiger partial charge in [0.25, 0.3) is 0 Å². The highest BCUT2D eigenvalue weighted by Crippen LogP contribution is 2.48. The van der Waals surface area contributed by atoms with Crippen molar-refractivity contribution < 1.29 is 9.15 Å². The largest absolute Gasteiger partial charge is 0.464 e. The van der Waals surface area contributed by atoms with Crippen molar-refractivity contribution in [2.75, 3.05) is 0 Å². The molecule has 0 bridgehead atoms. The number of ether oxygens (including phenoxy) is 1. The van der Waals surface area contributed by atoms with Gasteiger partial charge in [-0.05, 0) is 49.4 Å². The van der Waals surface area contributed by atoms with E-state index in [-0.39, 0.29) is 12.3 Å². The van der Waals surface area contributed by atoms with Crippen molar-refractivity contribution in [3.63, 3.8) is 0 Å². The van der Waals surface area contributed by atoms with Crippen LogP contribution in [-0.2, 0) is 0 Å². The van der Waals surface area contributed by atoms with E-state index in [9.17, 15) is 0 Å². The van der Waals surface area contributed by atoms with E-state index >= 15 is 0 Å². The third-order valence-corrected chi connectivity index (χ3v) is 5.64. The molecule has 136 valence electrons. The lowest BCUT2D eigenvalue weighted by molar-refractivity contribution is -0.0190. The van der Waals surface area contributed by atoms with E-state index in [1.54, 1.807) is 0 Å². The number of furan rings is 1. The van der Waals surface area contributed by atoms with E-state index in [1.807, 2.05) is 60.5 Å². The topological polar surface area (TPSA) is 38.0 Å². The van der Waals surface area contributed by atoms with Crippen molar-refractivity contribution in [2.45, 2.75) is 25.6 Å². The quantitative estimate of drug-likeness (QED) is 0.470. The second kappa shape index (κ2) is 6.43. The van der Waals surface area contributed by atoms with Crippen LogP contribution >= 0.6 is 27.5 Å². The Bertz CT molecular complexity index is 1060. The maximum atomic E-state index is 6.34. The number of fused-ring (bicyclic) bond motifs is 3. The van der Waals surface area contributed by atoms with E-state index in [4.69, 9.17) is 25.9 Å². The Kier molecular flexibility index (Phi) is 4.02. The molecule has 0 N–H and O–H groups in total. The molecule has 0 radical (unpaired) electrons. The van der Waals surface area contributed by atoms with Gasteiger partial charge in [0.05, 0.1) is 6.04 Å². The number of nitrogens with zero attached hydrogens (tertiary/aromatic N) is 2. The van der Waals surface area contributed by atoms with Crippen LogP contribution in [0.2, 0.25) is 5.02 Å². The lowest BCUT2D eigenvalue weighted by Gasteiger charge is -2.38. The molecule has 5 rings (SSSR count). The standard InChI is InChI=1S/C21H16BrClN2O2/c1-12-5-7-20(26-12)17-11-18-16-10-14(22)6-8-19(16)27-21(25(18)24-17)13-3-2-4-15(23)9-13/h2-10,18,21H,11H2,1H3/t18-,21+/m1/s1. The van der Waals surface area contributed by atoms with Crippen LogP contribution < -0.4 is 4.74 Å². The van der Waals surface area contributed by atoms with Crippen LogP contribution in [0.25, 0.3) is 0 Å². The molecule has 0 saturated carbocycles. The SMILES string of the molecule is Cc1ccc(C2=NN3[C@H](C2)c2cc(Br)ccc2O[C@H]3c2cccc(Cl)c2)o1. The second-order valence-corrected chi connectivity index (χ2v) is 8.12. The lowest BCUT2D eigenvalue weighted by atomic mass is 9.97. The fraction of sp³-hybridized carbons (Fsp3) is 0.190. The fourth-order valence-corrected chi connectivity index (χ4v) is 4.25. The molecule has 0 spiro atoms. The van der Waals surface area contributed by atoms with Gasteiger partial charge in [0.2, 0.25) is 6.23 Å². The molecule has 3 aromatic rings. The van der Waals surface area contributed by atoms with E-state index in [0.29, 0.717) is 5.02 Å². The average molecular weight is 444 g/mol. The number of aryl methyl sites for hydroxylation is 1. The summed E-state index contributed by atoms with van der Waals surface area (Å²) in [5, 5.41) is 7.58. The summed E-state index contributed by atoms with van der Waals surface area (Å²) in [6.45, 7) is 1.94. The Morgan fingerprint density at radius 2 is 2.04 bits per heavy atom. The summed E-state index contributed by atoms with van der Waals surface area (Å²) < 4.78 is 13.2. The lowest BCUT2D eigenvalue weighted by Crippen LogP contribution is -2.33. The third-order valence-electron chi connectivity index (χ3n) is 4.91. The third kappa shape index (κ3) is 2.95. The Hall–Kier alpha value is -2.24. The van der Waals surface area contributed by atoms with E-state index in [2.05, 4.69) is 22.0 Å². The molecule has 3 heterocycles. The van der Waals surface area contributed by atoms with Gasteiger partial charge in [-0.1, -0.05) is 39.7 Å². The average Bonchev–Trinajstić information content (AvgIpc) is 3.27. The minimum Gasteiger partial charge on any atom is -0.464 e. The Morgan fingerprint density at radius 1 is 1.15 bits per heavy atom. The van der Waals surface area contributed by atoms with E-state index in [0.717, 1.165) is 45.0 Å². The zero-order valence-electron chi connectivity index (χ0n) is 14.5. The van der Waals surface area contributed by atoms with Crippen molar-refractivity contribution in [2.24, 2.45) is 5.10 Å². The van der Waals surface area contributed by atoms with Crippen LogP contribution in [0.3, 0.4) is 0 Å². The molecule has 0 unspecified atom stereocenters. The summed E-state index contributed by atoms with van der Waals surface area (Å²) in [5.41, 5.74) is 3.02. The van der Waals surface area contributed by atoms with Crippen LogP contribution in [0.4, 0.5) is 0 Å². The van der Waals surface area contributed by atoms with Gasteiger partial charge < -0.3 is 9.15 Å². The highest BCUT2D eigenvalue weighted by molar-refractivity contribution is 9.10. The van der Waals surface area contributed by atoms with Crippen molar-refractivity contribution in [3.05, 3.63) is 86.7 Å². The molecule has 1 aromatic heterocycles. The number of rotatable bonds is 2. The molecule has 2 atom stereocenters. The van der Waals surface area contributed by atoms with Gasteiger partial charge in [-0.25, -0.2) is 5.01 Å². The van der Waals surface area contributed by atoms with Gasteiger partial charge in [-0.15, -0.1) is 0 Å². The Labute approximate surface area is 170 Å². The zero-order chi connectivity index (χ0) is 18.5.